The quantitative estimate of drug-likeness (QED) is 0.352. The highest BCUT2D eigenvalue weighted by Crippen LogP contribution is 2.21. The summed E-state index contributed by atoms with van der Waals surface area (Å²) in [6.45, 7) is 12.1. The van der Waals surface area contributed by atoms with Gasteiger partial charge in [0.2, 0.25) is 0 Å². The van der Waals surface area contributed by atoms with E-state index in [9.17, 15) is 0 Å². The van der Waals surface area contributed by atoms with E-state index in [4.69, 9.17) is 4.74 Å². The maximum atomic E-state index is 5.60. The molecule has 1 unspecified atom stereocenters. The van der Waals surface area contributed by atoms with Crippen LogP contribution in [0, 0.1) is 5.41 Å². The molecule has 28 heavy (non-hydrogen) atoms. The van der Waals surface area contributed by atoms with Gasteiger partial charge in [-0.15, -0.1) is 24.0 Å². The number of rotatable bonds is 6. The molecule has 0 saturated carbocycles. The third-order valence-electron chi connectivity index (χ3n) is 5.03. The molecule has 1 saturated heterocycles. The predicted octanol–water partition coefficient (Wildman–Crippen LogP) is 2.18. The Balaban J connectivity index is 0.00000392. The van der Waals surface area contributed by atoms with Crippen molar-refractivity contribution in [2.24, 2.45) is 10.4 Å². The molecule has 1 atom stereocenters. The van der Waals surface area contributed by atoms with E-state index in [1.807, 2.05) is 12.3 Å². The number of aliphatic imine (C=N–C) groups is 1. The molecule has 1 aromatic heterocycles. The van der Waals surface area contributed by atoms with Gasteiger partial charge in [-0.2, -0.15) is 0 Å². The second kappa shape index (κ2) is 11.8. The van der Waals surface area contributed by atoms with Crippen molar-refractivity contribution in [2.75, 3.05) is 58.8 Å². The summed E-state index contributed by atoms with van der Waals surface area (Å²) in [6.07, 6.45) is 2.00. The molecule has 8 heteroatoms. The van der Waals surface area contributed by atoms with Gasteiger partial charge < -0.3 is 25.2 Å². The minimum atomic E-state index is 0. The van der Waals surface area contributed by atoms with Gasteiger partial charge in [0.1, 0.15) is 5.82 Å². The number of piperazine rings is 1. The van der Waals surface area contributed by atoms with Crippen LogP contribution in [0.4, 0.5) is 5.82 Å². The first-order chi connectivity index (χ1) is 12.8. The highest BCUT2D eigenvalue weighted by atomic mass is 127. The molecule has 2 rings (SSSR count). The molecule has 7 nitrogen and oxygen atoms in total. The Labute approximate surface area is 187 Å². The second-order valence-electron chi connectivity index (χ2n) is 8.21. The number of nitrogens with zero attached hydrogens (tertiary/aromatic N) is 4. The van der Waals surface area contributed by atoms with Gasteiger partial charge in [0, 0.05) is 59.6 Å². The van der Waals surface area contributed by atoms with Crippen LogP contribution in [0.15, 0.2) is 23.3 Å². The molecule has 0 aromatic carbocycles. The normalized spacial score (nSPS) is 17.1. The Bertz CT molecular complexity index is 611. The van der Waals surface area contributed by atoms with Gasteiger partial charge in [0.05, 0.1) is 6.10 Å². The van der Waals surface area contributed by atoms with Crippen molar-refractivity contribution in [3.63, 3.8) is 0 Å². The van der Waals surface area contributed by atoms with E-state index in [1.54, 1.807) is 14.2 Å². The first-order valence-electron chi connectivity index (χ1n) is 9.69. The van der Waals surface area contributed by atoms with E-state index in [0.717, 1.165) is 38.0 Å². The SMILES string of the molecule is CN=C(NCc1ccnc(N2CCN(C)CC2)c1)NCC(OC)C(C)(C)C.I. The topological polar surface area (TPSA) is 65.0 Å². The van der Waals surface area contributed by atoms with Crippen LogP contribution in [0.3, 0.4) is 0 Å². The van der Waals surface area contributed by atoms with Crippen molar-refractivity contribution in [1.82, 2.24) is 20.5 Å². The number of halogens is 1. The van der Waals surface area contributed by atoms with Crippen LogP contribution in [0.5, 0.6) is 0 Å². The molecular formula is C20H37IN6O. The van der Waals surface area contributed by atoms with Crippen LogP contribution in [0.25, 0.3) is 0 Å². The third kappa shape index (κ3) is 7.71. The van der Waals surface area contributed by atoms with Crippen molar-refractivity contribution < 1.29 is 4.74 Å². The van der Waals surface area contributed by atoms with Crippen LogP contribution in [-0.4, -0.2) is 75.9 Å². The fourth-order valence-corrected chi connectivity index (χ4v) is 3.12. The maximum absolute atomic E-state index is 5.60. The summed E-state index contributed by atoms with van der Waals surface area (Å²) >= 11 is 0. The average Bonchev–Trinajstić information content (AvgIpc) is 2.64. The minimum absolute atomic E-state index is 0. The first-order valence-corrected chi connectivity index (χ1v) is 9.69. The van der Waals surface area contributed by atoms with Crippen molar-refractivity contribution in [1.29, 1.82) is 0 Å². The average molecular weight is 504 g/mol. The number of nitrogens with one attached hydrogen (secondary N) is 2. The number of anilines is 1. The minimum Gasteiger partial charge on any atom is -0.379 e. The van der Waals surface area contributed by atoms with Gasteiger partial charge in [-0.25, -0.2) is 4.98 Å². The molecule has 1 aromatic rings. The highest BCUT2D eigenvalue weighted by Gasteiger charge is 2.24. The molecule has 0 bridgehead atoms. The largest absolute Gasteiger partial charge is 0.379 e. The zero-order chi connectivity index (χ0) is 19.9. The number of methoxy groups -OCH3 is 1. The van der Waals surface area contributed by atoms with Crippen molar-refractivity contribution >= 4 is 35.8 Å². The van der Waals surface area contributed by atoms with E-state index in [-0.39, 0.29) is 35.5 Å². The molecule has 0 amide bonds. The molecule has 1 aliphatic rings. The maximum Gasteiger partial charge on any atom is 0.191 e. The molecule has 2 N–H and O–H groups in total. The lowest BCUT2D eigenvalue weighted by Gasteiger charge is -2.33. The molecule has 0 aliphatic carbocycles. The molecule has 0 radical (unpaired) electrons. The van der Waals surface area contributed by atoms with Crippen LogP contribution < -0.4 is 15.5 Å². The standard InChI is InChI=1S/C20H36N6O.HI/c1-20(2,3)17(27-6)15-24-19(21-4)23-14-16-7-8-22-18(13-16)26-11-9-25(5)10-12-26;/h7-8,13,17H,9-12,14-15H2,1-6H3,(H2,21,23,24);1H. The molecular weight excluding hydrogens is 467 g/mol. The van der Waals surface area contributed by atoms with Gasteiger partial charge >= 0.3 is 0 Å². The smallest absolute Gasteiger partial charge is 0.191 e. The van der Waals surface area contributed by atoms with E-state index in [2.05, 4.69) is 64.3 Å². The fourth-order valence-electron chi connectivity index (χ4n) is 3.12. The Kier molecular flexibility index (Phi) is 10.5. The molecule has 2 heterocycles. The Morgan fingerprint density at radius 3 is 2.50 bits per heavy atom. The lowest BCUT2D eigenvalue weighted by atomic mass is 9.89. The summed E-state index contributed by atoms with van der Waals surface area (Å²) in [6, 6.07) is 4.21. The van der Waals surface area contributed by atoms with Crippen LogP contribution in [-0.2, 0) is 11.3 Å². The Morgan fingerprint density at radius 2 is 1.93 bits per heavy atom. The predicted molar refractivity (Wildman–Crippen MR) is 128 cm³/mol. The van der Waals surface area contributed by atoms with Crippen LogP contribution >= 0.6 is 24.0 Å². The number of likely N-dealkylation sites (N-methyl/N-ethyl adjacent to an activating group) is 1. The molecule has 160 valence electrons. The van der Waals surface area contributed by atoms with E-state index < -0.39 is 0 Å². The van der Waals surface area contributed by atoms with E-state index >= 15 is 0 Å². The van der Waals surface area contributed by atoms with Gasteiger partial charge in [0.25, 0.3) is 0 Å². The van der Waals surface area contributed by atoms with Crippen LogP contribution in [0.2, 0.25) is 0 Å². The van der Waals surface area contributed by atoms with Crippen molar-refractivity contribution in [2.45, 2.75) is 33.4 Å². The number of hydrogen-bond acceptors (Lipinski definition) is 5. The van der Waals surface area contributed by atoms with E-state index in [0.29, 0.717) is 13.1 Å². The zero-order valence-electron chi connectivity index (χ0n) is 18.2. The van der Waals surface area contributed by atoms with Crippen LogP contribution in [0.1, 0.15) is 26.3 Å². The number of ether oxygens (including phenoxy) is 1. The summed E-state index contributed by atoms with van der Waals surface area (Å²) in [5, 5.41) is 6.75. The van der Waals surface area contributed by atoms with Gasteiger partial charge in [-0.3, -0.25) is 4.99 Å². The lowest BCUT2D eigenvalue weighted by Crippen LogP contribution is -2.45. The van der Waals surface area contributed by atoms with Gasteiger partial charge in [-0.05, 0) is 30.2 Å². The summed E-state index contributed by atoms with van der Waals surface area (Å²) in [4.78, 5) is 13.6. The molecule has 1 fully saturated rings. The monoisotopic (exact) mass is 504 g/mol. The number of guanidine groups is 1. The summed E-state index contributed by atoms with van der Waals surface area (Å²) in [7, 11) is 5.71. The Morgan fingerprint density at radius 1 is 1.25 bits per heavy atom. The fraction of sp³-hybridized carbons (Fsp3) is 0.700. The molecule has 1 aliphatic heterocycles. The second-order valence-corrected chi connectivity index (χ2v) is 8.21. The number of pyridine rings is 1. The van der Waals surface area contributed by atoms with Crippen molar-refractivity contribution in [3.8, 4) is 0 Å². The van der Waals surface area contributed by atoms with Gasteiger partial charge in [0.15, 0.2) is 5.96 Å². The van der Waals surface area contributed by atoms with E-state index in [1.165, 1.54) is 5.56 Å². The lowest BCUT2D eigenvalue weighted by molar-refractivity contribution is 0.0205. The summed E-state index contributed by atoms with van der Waals surface area (Å²) in [5.41, 5.74) is 1.27. The summed E-state index contributed by atoms with van der Waals surface area (Å²) in [5.74, 6) is 1.83. The zero-order valence-corrected chi connectivity index (χ0v) is 20.5. The Hall–Kier alpha value is -1.13. The van der Waals surface area contributed by atoms with Crippen molar-refractivity contribution in [3.05, 3.63) is 23.9 Å². The third-order valence-corrected chi connectivity index (χ3v) is 5.03. The van der Waals surface area contributed by atoms with Gasteiger partial charge in [-0.1, -0.05) is 20.8 Å². The number of hydrogen-bond donors (Lipinski definition) is 2. The first kappa shape index (κ1) is 24.9. The summed E-state index contributed by atoms with van der Waals surface area (Å²) < 4.78 is 5.60. The highest BCUT2D eigenvalue weighted by molar-refractivity contribution is 14.0. The molecule has 0 spiro atoms. The number of aromatic nitrogens is 1.